The average molecular weight is 291 g/mol. The molecule has 0 radical (unpaired) electrons. The molecule has 80 valence electrons. The van der Waals surface area contributed by atoms with Crippen molar-refractivity contribution in [3.05, 3.63) is 33.3 Å². The summed E-state index contributed by atoms with van der Waals surface area (Å²) in [5, 5.41) is 3.38. The molecule has 1 unspecified atom stereocenters. The van der Waals surface area contributed by atoms with Gasteiger partial charge in [0.2, 0.25) is 5.91 Å². The van der Waals surface area contributed by atoms with Crippen LogP contribution in [0.4, 0.5) is 0 Å². The van der Waals surface area contributed by atoms with Crippen LogP contribution in [0.25, 0.3) is 0 Å². The van der Waals surface area contributed by atoms with Crippen molar-refractivity contribution in [3.8, 4) is 0 Å². The van der Waals surface area contributed by atoms with E-state index in [1.54, 1.807) is 0 Å². The lowest BCUT2D eigenvalue weighted by atomic mass is 10.1. The molecule has 0 aliphatic carbocycles. The molecule has 1 fully saturated rings. The maximum Gasteiger partial charge on any atom is 0.246 e. The Kier molecular flexibility index (Phi) is 3.29. The number of ether oxygens (including phenoxy) is 1. The summed E-state index contributed by atoms with van der Waals surface area (Å²) in [7, 11) is 0. The van der Waals surface area contributed by atoms with Crippen LogP contribution >= 0.6 is 27.5 Å². The molecule has 1 aromatic carbocycles. The van der Waals surface area contributed by atoms with Crippen molar-refractivity contribution in [2.24, 2.45) is 0 Å². The third-order valence-electron chi connectivity index (χ3n) is 2.21. The molecule has 2 rings (SSSR count). The monoisotopic (exact) mass is 289 g/mol. The second-order valence-corrected chi connectivity index (χ2v) is 4.59. The van der Waals surface area contributed by atoms with Crippen molar-refractivity contribution in [2.45, 2.75) is 6.10 Å². The smallest absolute Gasteiger partial charge is 0.246 e. The Bertz CT molecular complexity index is 387. The van der Waals surface area contributed by atoms with Gasteiger partial charge in [0.25, 0.3) is 0 Å². The minimum absolute atomic E-state index is 0.0838. The zero-order chi connectivity index (χ0) is 10.8. The van der Waals surface area contributed by atoms with Gasteiger partial charge in [-0.3, -0.25) is 4.79 Å². The summed E-state index contributed by atoms with van der Waals surface area (Å²) in [5.41, 5.74) is 0.903. The van der Waals surface area contributed by atoms with E-state index in [1.807, 2.05) is 18.2 Å². The Morgan fingerprint density at radius 3 is 2.93 bits per heavy atom. The van der Waals surface area contributed by atoms with Crippen molar-refractivity contribution >= 4 is 33.4 Å². The molecule has 1 aliphatic rings. The maximum atomic E-state index is 10.9. The zero-order valence-corrected chi connectivity index (χ0v) is 10.1. The summed E-state index contributed by atoms with van der Waals surface area (Å²) in [6.07, 6.45) is -0.150. The van der Waals surface area contributed by atoms with Gasteiger partial charge in [0.15, 0.2) is 0 Å². The van der Waals surface area contributed by atoms with Gasteiger partial charge >= 0.3 is 0 Å². The molecule has 1 saturated heterocycles. The highest BCUT2D eigenvalue weighted by molar-refractivity contribution is 9.10. The second kappa shape index (κ2) is 4.51. The highest BCUT2D eigenvalue weighted by atomic mass is 79.9. The molecule has 0 bridgehead atoms. The first-order valence-electron chi connectivity index (χ1n) is 4.50. The van der Waals surface area contributed by atoms with Crippen LogP contribution in [-0.2, 0) is 9.53 Å². The van der Waals surface area contributed by atoms with Crippen LogP contribution in [0.15, 0.2) is 22.7 Å². The lowest BCUT2D eigenvalue weighted by Crippen LogP contribution is -2.38. The highest BCUT2D eigenvalue weighted by Gasteiger charge is 2.21. The van der Waals surface area contributed by atoms with Gasteiger partial charge in [-0.15, -0.1) is 0 Å². The number of carbonyl (C=O) groups is 1. The largest absolute Gasteiger partial charge is 0.362 e. The normalized spacial score (nSPS) is 21.2. The Balaban J connectivity index is 2.19. The van der Waals surface area contributed by atoms with E-state index in [9.17, 15) is 4.79 Å². The summed E-state index contributed by atoms with van der Waals surface area (Å²) in [6, 6.07) is 5.62. The Morgan fingerprint density at radius 1 is 1.53 bits per heavy atom. The van der Waals surface area contributed by atoms with Gasteiger partial charge < -0.3 is 10.1 Å². The van der Waals surface area contributed by atoms with E-state index in [2.05, 4.69) is 21.2 Å². The number of hydrogen-bond donors (Lipinski definition) is 1. The quantitative estimate of drug-likeness (QED) is 0.862. The van der Waals surface area contributed by atoms with Crippen LogP contribution in [0.3, 0.4) is 0 Å². The number of halogens is 2. The second-order valence-electron chi connectivity index (χ2n) is 3.27. The van der Waals surface area contributed by atoms with Gasteiger partial charge in [0, 0.05) is 21.6 Å². The minimum Gasteiger partial charge on any atom is -0.362 e. The lowest BCUT2D eigenvalue weighted by molar-refractivity contribution is -0.133. The van der Waals surface area contributed by atoms with Gasteiger partial charge in [-0.25, -0.2) is 0 Å². The Hall–Kier alpha value is -0.580. The van der Waals surface area contributed by atoms with E-state index < -0.39 is 0 Å². The number of morpholine rings is 1. The maximum absolute atomic E-state index is 10.9. The van der Waals surface area contributed by atoms with Crippen LogP contribution in [0, 0.1) is 0 Å². The predicted molar refractivity (Wildman–Crippen MR) is 60.9 cm³/mol. The van der Waals surface area contributed by atoms with Crippen LogP contribution < -0.4 is 5.32 Å². The van der Waals surface area contributed by atoms with Gasteiger partial charge in [-0.2, -0.15) is 0 Å². The summed E-state index contributed by atoms with van der Waals surface area (Å²) in [6.45, 7) is 0.567. The van der Waals surface area contributed by atoms with Crippen LogP contribution in [-0.4, -0.2) is 19.1 Å². The van der Waals surface area contributed by atoms with Crippen LogP contribution in [0.2, 0.25) is 5.02 Å². The molecule has 1 aliphatic heterocycles. The molecule has 1 N–H and O–H groups in total. The summed E-state index contributed by atoms with van der Waals surface area (Å²) in [5.74, 6) is -0.0838. The fraction of sp³-hybridized carbons (Fsp3) is 0.300. The molecule has 3 nitrogen and oxygen atoms in total. The van der Waals surface area contributed by atoms with Gasteiger partial charge in [-0.05, 0) is 12.1 Å². The summed E-state index contributed by atoms with van der Waals surface area (Å²) >= 11 is 9.41. The predicted octanol–water partition coefficient (Wildman–Crippen LogP) is 2.29. The van der Waals surface area contributed by atoms with E-state index in [4.69, 9.17) is 16.3 Å². The molecule has 15 heavy (non-hydrogen) atoms. The van der Waals surface area contributed by atoms with E-state index in [0.29, 0.717) is 11.6 Å². The number of amides is 1. The first kappa shape index (κ1) is 10.9. The fourth-order valence-electron chi connectivity index (χ4n) is 1.46. The zero-order valence-electron chi connectivity index (χ0n) is 7.80. The SMILES string of the molecule is O=C1COC(c2ccc(Br)cc2Cl)CN1. The van der Waals surface area contributed by atoms with Crippen molar-refractivity contribution < 1.29 is 9.53 Å². The fourth-order valence-corrected chi connectivity index (χ4v) is 2.25. The standard InChI is InChI=1S/C10H9BrClNO2/c11-6-1-2-7(8(12)3-6)9-4-13-10(14)5-15-9/h1-3,9H,4-5H2,(H,13,14). The molecule has 1 amide bonds. The van der Waals surface area contributed by atoms with Crippen molar-refractivity contribution in [2.75, 3.05) is 13.2 Å². The third kappa shape index (κ3) is 2.51. The molecule has 5 heteroatoms. The van der Waals surface area contributed by atoms with Gasteiger partial charge in [0.1, 0.15) is 12.7 Å². The number of nitrogens with one attached hydrogen (secondary N) is 1. The molecule has 1 heterocycles. The molecule has 0 saturated carbocycles. The van der Waals surface area contributed by atoms with E-state index >= 15 is 0 Å². The third-order valence-corrected chi connectivity index (χ3v) is 3.03. The Morgan fingerprint density at radius 2 is 2.33 bits per heavy atom. The lowest BCUT2D eigenvalue weighted by Gasteiger charge is -2.24. The van der Waals surface area contributed by atoms with E-state index in [-0.39, 0.29) is 18.6 Å². The summed E-state index contributed by atoms with van der Waals surface area (Å²) in [4.78, 5) is 10.9. The van der Waals surface area contributed by atoms with E-state index in [1.165, 1.54) is 0 Å². The van der Waals surface area contributed by atoms with Crippen LogP contribution in [0.1, 0.15) is 11.7 Å². The number of hydrogen-bond acceptors (Lipinski definition) is 2. The molecule has 1 atom stereocenters. The number of benzene rings is 1. The van der Waals surface area contributed by atoms with E-state index in [0.717, 1.165) is 10.0 Å². The molecule has 1 aromatic rings. The van der Waals surface area contributed by atoms with Crippen LogP contribution in [0.5, 0.6) is 0 Å². The topological polar surface area (TPSA) is 38.3 Å². The highest BCUT2D eigenvalue weighted by Crippen LogP contribution is 2.29. The number of carbonyl (C=O) groups excluding carboxylic acids is 1. The molecular formula is C10H9BrClNO2. The first-order chi connectivity index (χ1) is 7.16. The van der Waals surface area contributed by atoms with Gasteiger partial charge in [0.05, 0.1) is 0 Å². The first-order valence-corrected chi connectivity index (χ1v) is 5.67. The molecular weight excluding hydrogens is 281 g/mol. The Labute approximate surface area is 101 Å². The average Bonchev–Trinajstić information content (AvgIpc) is 2.20. The van der Waals surface area contributed by atoms with Gasteiger partial charge in [-0.1, -0.05) is 33.6 Å². The summed E-state index contributed by atoms with van der Waals surface area (Å²) < 4.78 is 6.31. The number of rotatable bonds is 1. The minimum atomic E-state index is -0.150. The molecule has 0 aromatic heterocycles. The molecule has 0 spiro atoms. The van der Waals surface area contributed by atoms with Crippen molar-refractivity contribution in [1.82, 2.24) is 5.32 Å². The van der Waals surface area contributed by atoms with Crippen molar-refractivity contribution in [3.63, 3.8) is 0 Å². The van der Waals surface area contributed by atoms with Crippen molar-refractivity contribution in [1.29, 1.82) is 0 Å².